The maximum atomic E-state index is 14.3. The zero-order valence-corrected chi connectivity index (χ0v) is 15.0. The highest BCUT2D eigenvalue weighted by molar-refractivity contribution is 5.98. The number of carbonyl (C=O) groups is 3. The molecule has 2 N–H and O–H groups in total. The van der Waals surface area contributed by atoms with Crippen molar-refractivity contribution in [2.45, 2.75) is 38.8 Å². The SMILES string of the molecule is COC1CC(C(=O)O)N(C(=O)c2ccc(NC(=O)CC(C)C)c(F)c2)C1. The average Bonchev–Trinajstić information content (AvgIpc) is 3.00. The molecule has 1 aliphatic rings. The quantitative estimate of drug-likeness (QED) is 0.804. The Bertz CT molecular complexity index is 707. The molecule has 7 nitrogen and oxygen atoms in total. The van der Waals surface area contributed by atoms with Gasteiger partial charge in [0.2, 0.25) is 5.91 Å². The third-order valence-corrected chi connectivity index (χ3v) is 4.23. The summed E-state index contributed by atoms with van der Waals surface area (Å²) in [4.78, 5) is 36.9. The van der Waals surface area contributed by atoms with Gasteiger partial charge in [0.1, 0.15) is 11.9 Å². The molecule has 2 unspecified atom stereocenters. The Morgan fingerprint density at radius 2 is 2.08 bits per heavy atom. The number of carbonyl (C=O) groups excluding carboxylic acids is 2. The number of amides is 2. The lowest BCUT2D eigenvalue weighted by Gasteiger charge is -2.21. The summed E-state index contributed by atoms with van der Waals surface area (Å²) in [6.07, 6.45) is 0.0650. The van der Waals surface area contributed by atoms with Crippen LogP contribution in [-0.2, 0) is 14.3 Å². The molecular formula is C18H23FN2O5. The normalized spacial score (nSPS) is 19.7. The van der Waals surface area contributed by atoms with E-state index in [1.54, 1.807) is 0 Å². The summed E-state index contributed by atoms with van der Waals surface area (Å²) in [5.41, 5.74) is 0.00513. The number of halogens is 1. The molecule has 142 valence electrons. The third kappa shape index (κ3) is 4.57. The van der Waals surface area contributed by atoms with Crippen LogP contribution in [0.5, 0.6) is 0 Å². The molecule has 1 aliphatic heterocycles. The largest absolute Gasteiger partial charge is 0.480 e. The van der Waals surface area contributed by atoms with Crippen LogP contribution in [0.25, 0.3) is 0 Å². The molecular weight excluding hydrogens is 343 g/mol. The van der Waals surface area contributed by atoms with Gasteiger partial charge in [-0.05, 0) is 24.1 Å². The highest BCUT2D eigenvalue weighted by atomic mass is 19.1. The minimum atomic E-state index is -1.13. The van der Waals surface area contributed by atoms with Crippen LogP contribution in [0.15, 0.2) is 18.2 Å². The smallest absolute Gasteiger partial charge is 0.326 e. The summed E-state index contributed by atoms with van der Waals surface area (Å²) in [5, 5.41) is 11.8. The maximum Gasteiger partial charge on any atom is 0.326 e. The lowest BCUT2D eigenvalue weighted by Crippen LogP contribution is -2.40. The van der Waals surface area contributed by atoms with Gasteiger partial charge in [-0.2, -0.15) is 0 Å². The van der Waals surface area contributed by atoms with Crippen LogP contribution in [-0.4, -0.2) is 53.6 Å². The first-order chi connectivity index (χ1) is 12.2. The molecule has 26 heavy (non-hydrogen) atoms. The molecule has 2 atom stereocenters. The Morgan fingerprint density at radius 1 is 1.38 bits per heavy atom. The number of carboxylic acid groups (broad SMARTS) is 1. The highest BCUT2D eigenvalue weighted by Crippen LogP contribution is 2.24. The van der Waals surface area contributed by atoms with Gasteiger partial charge < -0.3 is 20.1 Å². The van der Waals surface area contributed by atoms with E-state index < -0.39 is 23.7 Å². The summed E-state index contributed by atoms with van der Waals surface area (Å²) in [6, 6.07) is 2.67. The minimum Gasteiger partial charge on any atom is -0.480 e. The molecule has 0 aromatic heterocycles. The number of benzene rings is 1. The summed E-state index contributed by atoms with van der Waals surface area (Å²) in [6.45, 7) is 3.88. The van der Waals surface area contributed by atoms with Crippen molar-refractivity contribution >= 4 is 23.5 Å². The number of nitrogens with one attached hydrogen (secondary N) is 1. The predicted molar refractivity (Wildman–Crippen MR) is 92.4 cm³/mol. The Morgan fingerprint density at radius 3 is 2.62 bits per heavy atom. The van der Waals surface area contributed by atoms with Crippen molar-refractivity contribution in [1.29, 1.82) is 0 Å². The molecule has 1 heterocycles. The lowest BCUT2D eigenvalue weighted by atomic mass is 10.1. The van der Waals surface area contributed by atoms with Crippen molar-refractivity contribution in [3.8, 4) is 0 Å². The zero-order valence-electron chi connectivity index (χ0n) is 15.0. The molecule has 8 heteroatoms. The first kappa shape index (κ1) is 19.8. The van der Waals surface area contributed by atoms with E-state index in [2.05, 4.69) is 5.32 Å². The summed E-state index contributed by atoms with van der Waals surface area (Å²) >= 11 is 0. The van der Waals surface area contributed by atoms with Crippen LogP contribution in [0.3, 0.4) is 0 Å². The maximum absolute atomic E-state index is 14.3. The average molecular weight is 366 g/mol. The van der Waals surface area contributed by atoms with Gasteiger partial charge in [-0.15, -0.1) is 0 Å². The van der Waals surface area contributed by atoms with Crippen molar-refractivity contribution < 1.29 is 28.6 Å². The summed E-state index contributed by atoms with van der Waals surface area (Å²) < 4.78 is 19.4. The Kier molecular flexibility index (Phi) is 6.31. The molecule has 0 aliphatic carbocycles. The highest BCUT2D eigenvalue weighted by Gasteiger charge is 2.40. The standard InChI is InChI=1S/C18H23FN2O5/c1-10(2)6-16(22)20-14-5-4-11(7-13(14)19)17(23)21-9-12(26-3)8-15(21)18(24)25/h4-5,7,10,12,15H,6,8-9H2,1-3H3,(H,20,22)(H,24,25). The number of carboxylic acids is 1. The number of ether oxygens (including phenoxy) is 1. The van der Waals surface area contributed by atoms with Crippen molar-refractivity contribution in [2.75, 3.05) is 19.0 Å². The van der Waals surface area contributed by atoms with Crippen LogP contribution in [0.1, 0.15) is 37.0 Å². The molecule has 2 rings (SSSR count). The van der Waals surface area contributed by atoms with E-state index in [-0.39, 0.29) is 48.6 Å². The fourth-order valence-electron chi connectivity index (χ4n) is 2.91. The lowest BCUT2D eigenvalue weighted by molar-refractivity contribution is -0.141. The second kappa shape index (κ2) is 8.27. The summed E-state index contributed by atoms with van der Waals surface area (Å²) in [5.74, 6) is -2.64. The number of rotatable bonds is 6. The van der Waals surface area contributed by atoms with E-state index in [1.807, 2.05) is 13.8 Å². The Balaban J connectivity index is 2.16. The fourth-order valence-corrected chi connectivity index (χ4v) is 2.91. The molecule has 1 aromatic rings. The van der Waals surface area contributed by atoms with Gasteiger partial charge in [-0.1, -0.05) is 13.8 Å². The van der Waals surface area contributed by atoms with E-state index >= 15 is 0 Å². The third-order valence-electron chi connectivity index (χ3n) is 4.23. The van der Waals surface area contributed by atoms with Gasteiger partial charge in [0.05, 0.1) is 11.8 Å². The molecule has 0 bridgehead atoms. The number of nitrogens with zero attached hydrogens (tertiary/aromatic N) is 1. The van der Waals surface area contributed by atoms with Gasteiger partial charge in [0.25, 0.3) is 5.91 Å². The number of hydrogen-bond donors (Lipinski definition) is 2. The van der Waals surface area contributed by atoms with Gasteiger partial charge in [-0.3, -0.25) is 9.59 Å². The molecule has 1 aromatic carbocycles. The molecule has 0 spiro atoms. The van der Waals surface area contributed by atoms with E-state index in [1.165, 1.54) is 24.1 Å². The van der Waals surface area contributed by atoms with Gasteiger partial charge >= 0.3 is 5.97 Å². The minimum absolute atomic E-state index is 0.0156. The predicted octanol–water partition coefficient (Wildman–Crippen LogP) is 2.12. The van der Waals surface area contributed by atoms with Gasteiger partial charge in [0.15, 0.2) is 0 Å². The molecule has 0 saturated carbocycles. The van der Waals surface area contributed by atoms with Crippen LogP contribution in [0.4, 0.5) is 10.1 Å². The van der Waals surface area contributed by atoms with E-state index in [4.69, 9.17) is 4.74 Å². The van der Waals surface area contributed by atoms with Crippen LogP contribution < -0.4 is 5.32 Å². The number of likely N-dealkylation sites (tertiary alicyclic amines) is 1. The number of aliphatic carboxylic acids is 1. The van der Waals surface area contributed by atoms with Crippen molar-refractivity contribution in [3.63, 3.8) is 0 Å². The monoisotopic (exact) mass is 366 g/mol. The molecule has 0 radical (unpaired) electrons. The second-order valence-electron chi connectivity index (χ2n) is 6.75. The van der Waals surface area contributed by atoms with Crippen LogP contribution >= 0.6 is 0 Å². The van der Waals surface area contributed by atoms with Crippen LogP contribution in [0, 0.1) is 11.7 Å². The topological polar surface area (TPSA) is 95.9 Å². The fraction of sp³-hybridized carbons (Fsp3) is 0.500. The number of anilines is 1. The van der Waals surface area contributed by atoms with Crippen LogP contribution in [0.2, 0.25) is 0 Å². The van der Waals surface area contributed by atoms with E-state index in [0.717, 1.165) is 6.07 Å². The molecule has 1 fully saturated rings. The summed E-state index contributed by atoms with van der Waals surface area (Å²) in [7, 11) is 1.45. The first-order valence-corrected chi connectivity index (χ1v) is 8.38. The molecule has 2 amide bonds. The van der Waals surface area contributed by atoms with E-state index in [9.17, 15) is 23.9 Å². The van der Waals surface area contributed by atoms with Crippen molar-refractivity contribution in [2.24, 2.45) is 5.92 Å². The Labute approximate surface area is 151 Å². The van der Waals surface area contributed by atoms with Gasteiger partial charge in [0, 0.05) is 32.1 Å². The zero-order chi connectivity index (χ0) is 19.4. The molecule has 1 saturated heterocycles. The van der Waals surface area contributed by atoms with Crippen molar-refractivity contribution in [3.05, 3.63) is 29.6 Å². The number of hydrogen-bond acceptors (Lipinski definition) is 4. The van der Waals surface area contributed by atoms with Gasteiger partial charge in [-0.25, -0.2) is 9.18 Å². The second-order valence-corrected chi connectivity index (χ2v) is 6.75. The first-order valence-electron chi connectivity index (χ1n) is 8.38. The van der Waals surface area contributed by atoms with Crippen molar-refractivity contribution in [1.82, 2.24) is 4.90 Å². The Hall–Kier alpha value is -2.48. The number of methoxy groups -OCH3 is 1. The van der Waals surface area contributed by atoms with E-state index in [0.29, 0.717) is 0 Å².